The molecule has 0 bridgehead atoms. The number of ether oxygens (including phenoxy) is 2. The average Bonchev–Trinajstić information content (AvgIpc) is 3.35. The third-order valence-corrected chi connectivity index (χ3v) is 6.13. The maximum absolute atomic E-state index is 13.7. The Morgan fingerprint density at radius 3 is 2.36 bits per heavy atom. The summed E-state index contributed by atoms with van der Waals surface area (Å²) in [7, 11) is 1.68. The minimum atomic E-state index is -0.00640. The molecule has 0 fully saturated rings. The lowest BCUT2D eigenvalue weighted by Gasteiger charge is -2.24. The molecule has 4 aromatic rings. The molecule has 0 N–H and O–H groups in total. The van der Waals surface area contributed by atoms with Crippen molar-refractivity contribution in [3.63, 3.8) is 0 Å². The van der Waals surface area contributed by atoms with Crippen molar-refractivity contribution in [1.29, 1.82) is 0 Å². The van der Waals surface area contributed by atoms with Crippen LogP contribution in [-0.2, 0) is 19.6 Å². The molecule has 1 heterocycles. The van der Waals surface area contributed by atoms with Gasteiger partial charge in [-0.05, 0) is 66.1 Å². The molecule has 1 amide bonds. The van der Waals surface area contributed by atoms with Gasteiger partial charge in [0.25, 0.3) is 5.91 Å². The predicted octanol–water partition coefficient (Wildman–Crippen LogP) is 6.57. The predicted molar refractivity (Wildman–Crippen MR) is 143 cm³/mol. The number of unbranched alkanes of at least 4 members (excludes halogenated alkanes) is 1. The van der Waals surface area contributed by atoms with Gasteiger partial charge < -0.3 is 18.9 Å². The van der Waals surface area contributed by atoms with Crippen LogP contribution < -0.4 is 9.47 Å². The van der Waals surface area contributed by atoms with E-state index >= 15 is 0 Å². The summed E-state index contributed by atoms with van der Waals surface area (Å²) in [6, 6.07) is 29.8. The second kappa shape index (κ2) is 12.6. The van der Waals surface area contributed by atoms with Crippen molar-refractivity contribution >= 4 is 5.91 Å². The molecule has 5 heteroatoms. The highest BCUT2D eigenvalue weighted by Gasteiger charge is 2.18. The van der Waals surface area contributed by atoms with Crippen molar-refractivity contribution in [1.82, 2.24) is 9.47 Å². The Hall–Kier alpha value is -3.99. The summed E-state index contributed by atoms with van der Waals surface area (Å²) in [4.78, 5) is 15.6. The highest BCUT2D eigenvalue weighted by Crippen LogP contribution is 2.20. The molecule has 4 rings (SSSR count). The first-order valence-electron chi connectivity index (χ1n) is 12.5. The average molecular weight is 483 g/mol. The molecule has 0 spiro atoms. The molecule has 36 heavy (non-hydrogen) atoms. The Morgan fingerprint density at radius 2 is 1.61 bits per heavy atom. The monoisotopic (exact) mass is 482 g/mol. The van der Waals surface area contributed by atoms with Gasteiger partial charge in [-0.15, -0.1) is 0 Å². The summed E-state index contributed by atoms with van der Waals surface area (Å²) in [5.41, 5.74) is 3.96. The van der Waals surface area contributed by atoms with Crippen molar-refractivity contribution in [3.8, 4) is 11.5 Å². The smallest absolute Gasteiger partial charge is 0.254 e. The summed E-state index contributed by atoms with van der Waals surface area (Å²) in [5, 5.41) is 0. The number of carbonyl (C=O) groups is 1. The van der Waals surface area contributed by atoms with Gasteiger partial charge in [-0.25, -0.2) is 0 Å². The number of benzene rings is 3. The van der Waals surface area contributed by atoms with E-state index < -0.39 is 0 Å². The van der Waals surface area contributed by atoms with Crippen LogP contribution in [-0.4, -0.2) is 29.1 Å². The molecule has 1 aromatic heterocycles. The van der Waals surface area contributed by atoms with Crippen molar-refractivity contribution < 1.29 is 14.3 Å². The minimum Gasteiger partial charge on any atom is -0.497 e. The molecular weight excluding hydrogens is 448 g/mol. The zero-order valence-corrected chi connectivity index (χ0v) is 21.1. The van der Waals surface area contributed by atoms with E-state index in [1.54, 1.807) is 7.11 Å². The fourth-order valence-corrected chi connectivity index (χ4v) is 4.12. The Bertz CT molecular complexity index is 1230. The van der Waals surface area contributed by atoms with Crippen LogP contribution >= 0.6 is 0 Å². The maximum Gasteiger partial charge on any atom is 0.254 e. The Morgan fingerprint density at radius 1 is 0.833 bits per heavy atom. The molecule has 0 aliphatic heterocycles. The number of hydrogen-bond donors (Lipinski definition) is 0. The van der Waals surface area contributed by atoms with Crippen molar-refractivity contribution in [2.24, 2.45) is 0 Å². The van der Waals surface area contributed by atoms with Gasteiger partial charge >= 0.3 is 0 Å². The molecule has 186 valence electrons. The maximum atomic E-state index is 13.7. The zero-order valence-electron chi connectivity index (χ0n) is 21.1. The van der Waals surface area contributed by atoms with Crippen LogP contribution in [0.2, 0.25) is 0 Å². The minimum absolute atomic E-state index is 0.00640. The van der Waals surface area contributed by atoms with Gasteiger partial charge in [0.1, 0.15) is 11.5 Å². The first-order valence-corrected chi connectivity index (χ1v) is 12.5. The van der Waals surface area contributed by atoms with E-state index in [4.69, 9.17) is 9.47 Å². The van der Waals surface area contributed by atoms with Gasteiger partial charge in [0.05, 0.1) is 20.3 Å². The van der Waals surface area contributed by atoms with Crippen LogP contribution in [0.1, 0.15) is 46.9 Å². The van der Waals surface area contributed by atoms with E-state index in [9.17, 15) is 4.79 Å². The molecule has 0 atom stereocenters. The Balaban J connectivity index is 1.54. The molecule has 0 unspecified atom stereocenters. The number of amides is 1. The van der Waals surface area contributed by atoms with E-state index in [0.29, 0.717) is 31.8 Å². The number of carbonyl (C=O) groups excluding carboxylic acids is 1. The van der Waals surface area contributed by atoms with Gasteiger partial charge in [0.2, 0.25) is 0 Å². The van der Waals surface area contributed by atoms with Crippen LogP contribution in [0.15, 0.2) is 97.2 Å². The third-order valence-electron chi connectivity index (χ3n) is 6.13. The van der Waals surface area contributed by atoms with Crippen LogP contribution in [0.25, 0.3) is 0 Å². The van der Waals surface area contributed by atoms with E-state index in [2.05, 4.69) is 42.0 Å². The van der Waals surface area contributed by atoms with Gasteiger partial charge in [-0.1, -0.05) is 55.8 Å². The summed E-state index contributed by atoms with van der Waals surface area (Å²) < 4.78 is 13.3. The highest BCUT2D eigenvalue weighted by atomic mass is 16.5. The summed E-state index contributed by atoms with van der Waals surface area (Å²) in [6.07, 6.45) is 4.16. The van der Waals surface area contributed by atoms with Crippen LogP contribution in [0.4, 0.5) is 0 Å². The number of hydrogen-bond acceptors (Lipinski definition) is 3. The first kappa shape index (κ1) is 25.1. The van der Waals surface area contributed by atoms with Crippen molar-refractivity contribution in [2.75, 3.05) is 13.7 Å². The second-order valence-corrected chi connectivity index (χ2v) is 8.85. The largest absolute Gasteiger partial charge is 0.497 e. The van der Waals surface area contributed by atoms with E-state index in [-0.39, 0.29) is 5.91 Å². The van der Waals surface area contributed by atoms with Crippen LogP contribution in [0, 0.1) is 0 Å². The van der Waals surface area contributed by atoms with Gasteiger partial charge in [-0.3, -0.25) is 4.79 Å². The van der Waals surface area contributed by atoms with E-state index in [0.717, 1.165) is 41.2 Å². The number of methoxy groups -OCH3 is 1. The lowest BCUT2D eigenvalue weighted by atomic mass is 10.1. The summed E-state index contributed by atoms with van der Waals surface area (Å²) in [5.74, 6) is 1.62. The molecule has 3 aromatic carbocycles. The van der Waals surface area contributed by atoms with Gasteiger partial charge in [-0.2, -0.15) is 0 Å². The Labute approximate surface area is 213 Å². The number of nitrogens with zero attached hydrogens (tertiary/aromatic N) is 2. The molecule has 0 aliphatic carbocycles. The van der Waals surface area contributed by atoms with Gasteiger partial charge in [0.15, 0.2) is 0 Å². The molecular formula is C31H34N2O3. The molecule has 0 saturated heterocycles. The highest BCUT2D eigenvalue weighted by molar-refractivity contribution is 5.94. The SMILES string of the molecule is CCCCOc1ccc(C(=O)N(Cc2ccccc2)Cc2cccn2Cc2cccc(OC)c2)cc1. The van der Waals surface area contributed by atoms with E-state index in [1.165, 1.54) is 0 Å². The fourth-order valence-electron chi connectivity index (χ4n) is 4.12. The standard InChI is InChI=1S/C31H34N2O3/c1-3-4-20-36-29-17-15-27(16-18-29)31(34)33(22-25-10-6-5-7-11-25)24-28-13-9-19-32(28)23-26-12-8-14-30(21-26)35-2/h5-19,21H,3-4,20,22-24H2,1-2H3. The van der Waals surface area contributed by atoms with Crippen LogP contribution in [0.5, 0.6) is 11.5 Å². The summed E-state index contributed by atoms with van der Waals surface area (Å²) in [6.45, 7) is 4.56. The number of aromatic nitrogens is 1. The first-order chi connectivity index (χ1) is 17.7. The molecule has 0 saturated carbocycles. The van der Waals surface area contributed by atoms with Crippen molar-refractivity contribution in [2.45, 2.75) is 39.4 Å². The second-order valence-electron chi connectivity index (χ2n) is 8.85. The third kappa shape index (κ3) is 6.79. The molecule has 0 radical (unpaired) electrons. The topological polar surface area (TPSA) is 43.7 Å². The quantitative estimate of drug-likeness (QED) is 0.215. The zero-order chi connectivity index (χ0) is 25.2. The van der Waals surface area contributed by atoms with Crippen LogP contribution in [0.3, 0.4) is 0 Å². The summed E-state index contributed by atoms with van der Waals surface area (Å²) >= 11 is 0. The molecule has 0 aliphatic rings. The lowest BCUT2D eigenvalue weighted by Crippen LogP contribution is -2.31. The molecule has 5 nitrogen and oxygen atoms in total. The fraction of sp³-hybridized carbons (Fsp3) is 0.258. The Kier molecular flexibility index (Phi) is 8.82. The van der Waals surface area contributed by atoms with Gasteiger partial charge in [0, 0.05) is 30.5 Å². The van der Waals surface area contributed by atoms with Crippen molar-refractivity contribution in [3.05, 3.63) is 120 Å². The van der Waals surface area contributed by atoms with E-state index in [1.807, 2.05) is 71.6 Å². The lowest BCUT2D eigenvalue weighted by molar-refractivity contribution is 0.0726. The number of rotatable bonds is 12. The normalized spacial score (nSPS) is 10.7.